The van der Waals surface area contributed by atoms with Crippen LogP contribution in [0.15, 0.2) is 85.6 Å². The average Bonchev–Trinajstić information content (AvgIpc) is 2.83. The number of rotatable bonds is 7. The summed E-state index contributed by atoms with van der Waals surface area (Å²) in [6.07, 6.45) is 16.6. The first-order chi connectivity index (χ1) is 15.7. The van der Waals surface area contributed by atoms with E-state index in [0.29, 0.717) is 5.69 Å². The van der Waals surface area contributed by atoms with E-state index in [1.165, 1.54) is 18.3 Å². The first-order valence-electron chi connectivity index (χ1n) is 9.85. The molecule has 0 aliphatic heterocycles. The van der Waals surface area contributed by atoms with Crippen LogP contribution < -0.4 is 5.32 Å². The Morgan fingerprint density at radius 3 is 2.22 bits per heavy atom. The van der Waals surface area contributed by atoms with Gasteiger partial charge >= 0.3 is 5.69 Å². The SMILES string of the molecule is O=[N+]([O-])c1cccnc1Nc1cccc(/C=C/c2cncc(/C=C/c3ccncc3)c2)c1. The minimum Gasteiger partial charge on any atom is -0.334 e. The maximum absolute atomic E-state index is 11.2. The molecule has 0 atom stereocenters. The third kappa shape index (κ3) is 5.48. The Kier molecular flexibility index (Phi) is 6.38. The molecule has 1 N–H and O–H groups in total. The highest BCUT2D eigenvalue weighted by Gasteiger charge is 2.13. The lowest BCUT2D eigenvalue weighted by atomic mass is 10.1. The van der Waals surface area contributed by atoms with Crippen LogP contribution in [-0.2, 0) is 0 Å². The molecule has 7 nitrogen and oxygen atoms in total. The monoisotopic (exact) mass is 421 g/mol. The smallest absolute Gasteiger partial charge is 0.311 e. The van der Waals surface area contributed by atoms with E-state index < -0.39 is 4.92 Å². The lowest BCUT2D eigenvalue weighted by Crippen LogP contribution is -1.99. The van der Waals surface area contributed by atoms with Crippen LogP contribution in [0.5, 0.6) is 0 Å². The van der Waals surface area contributed by atoms with E-state index in [4.69, 9.17) is 0 Å². The fraction of sp³-hybridized carbons (Fsp3) is 0. The minimum atomic E-state index is -0.456. The molecule has 0 aliphatic carbocycles. The van der Waals surface area contributed by atoms with Gasteiger partial charge in [0, 0.05) is 42.7 Å². The molecule has 0 spiro atoms. The van der Waals surface area contributed by atoms with Crippen molar-refractivity contribution >= 4 is 41.5 Å². The molecule has 0 aliphatic rings. The molecule has 4 rings (SSSR count). The van der Waals surface area contributed by atoms with Crippen molar-refractivity contribution in [2.45, 2.75) is 0 Å². The van der Waals surface area contributed by atoms with Crippen molar-refractivity contribution in [3.05, 3.63) is 118 Å². The molecule has 3 heterocycles. The third-order valence-electron chi connectivity index (χ3n) is 4.56. The third-order valence-corrected chi connectivity index (χ3v) is 4.56. The van der Waals surface area contributed by atoms with E-state index in [1.54, 1.807) is 24.8 Å². The summed E-state index contributed by atoms with van der Waals surface area (Å²) in [6.45, 7) is 0. The Balaban J connectivity index is 1.49. The van der Waals surface area contributed by atoms with E-state index in [0.717, 1.165) is 22.3 Å². The minimum absolute atomic E-state index is 0.0730. The van der Waals surface area contributed by atoms with Gasteiger partial charge in [-0.05, 0) is 58.7 Å². The fourth-order valence-corrected chi connectivity index (χ4v) is 3.02. The van der Waals surface area contributed by atoms with E-state index in [1.807, 2.05) is 66.8 Å². The van der Waals surface area contributed by atoms with Crippen molar-refractivity contribution in [1.82, 2.24) is 15.0 Å². The van der Waals surface area contributed by atoms with Gasteiger partial charge in [0.15, 0.2) is 0 Å². The van der Waals surface area contributed by atoms with Crippen LogP contribution in [-0.4, -0.2) is 19.9 Å². The maximum Gasteiger partial charge on any atom is 0.311 e. The number of nitro groups is 1. The highest BCUT2D eigenvalue weighted by Crippen LogP contribution is 2.25. The summed E-state index contributed by atoms with van der Waals surface area (Å²) < 4.78 is 0. The van der Waals surface area contributed by atoms with Crippen molar-refractivity contribution in [3.8, 4) is 0 Å². The normalized spacial score (nSPS) is 11.1. The maximum atomic E-state index is 11.2. The first-order valence-corrected chi connectivity index (χ1v) is 9.85. The fourth-order valence-electron chi connectivity index (χ4n) is 3.02. The zero-order valence-corrected chi connectivity index (χ0v) is 17.0. The van der Waals surface area contributed by atoms with E-state index in [-0.39, 0.29) is 11.5 Å². The molecule has 0 fully saturated rings. The molecule has 0 saturated heterocycles. The van der Waals surface area contributed by atoms with Crippen LogP contribution in [0.2, 0.25) is 0 Å². The molecule has 0 radical (unpaired) electrons. The Bertz CT molecular complexity index is 1290. The number of anilines is 2. The summed E-state index contributed by atoms with van der Waals surface area (Å²) in [6, 6.07) is 16.4. The molecular formula is C25H19N5O2. The van der Waals surface area contributed by atoms with Gasteiger partial charge in [-0.2, -0.15) is 0 Å². The molecule has 0 amide bonds. The van der Waals surface area contributed by atoms with Crippen molar-refractivity contribution < 1.29 is 4.92 Å². The zero-order valence-electron chi connectivity index (χ0n) is 17.0. The standard InChI is InChI=1S/C25H19N5O2/c31-30(32)24-5-2-12-28-25(24)29-23-4-1-3-20(16-23)7-9-22-15-21(17-27-18-22)8-6-19-10-13-26-14-11-19/h1-18H,(H,28,29)/b8-6+,9-7+. The predicted molar refractivity (Wildman–Crippen MR) is 127 cm³/mol. The Morgan fingerprint density at radius 2 is 1.47 bits per heavy atom. The van der Waals surface area contributed by atoms with E-state index in [2.05, 4.69) is 20.3 Å². The molecule has 0 unspecified atom stereocenters. The van der Waals surface area contributed by atoms with Crippen LogP contribution in [0.4, 0.5) is 17.2 Å². The molecule has 1 aromatic carbocycles. The van der Waals surface area contributed by atoms with Gasteiger partial charge in [-0.25, -0.2) is 4.98 Å². The Morgan fingerprint density at radius 1 is 0.750 bits per heavy atom. The molecule has 0 bridgehead atoms. The number of nitrogens with zero attached hydrogens (tertiary/aromatic N) is 4. The molecule has 0 saturated carbocycles. The summed E-state index contributed by atoms with van der Waals surface area (Å²) in [7, 11) is 0. The number of benzene rings is 1. The second-order valence-corrected chi connectivity index (χ2v) is 6.88. The topological polar surface area (TPSA) is 93.8 Å². The summed E-state index contributed by atoms with van der Waals surface area (Å²) in [5.41, 5.74) is 4.59. The van der Waals surface area contributed by atoms with Crippen molar-refractivity contribution in [2.75, 3.05) is 5.32 Å². The van der Waals surface area contributed by atoms with Gasteiger partial charge in [-0.3, -0.25) is 20.1 Å². The van der Waals surface area contributed by atoms with Gasteiger partial charge in [0.05, 0.1) is 4.92 Å². The van der Waals surface area contributed by atoms with Gasteiger partial charge in [0.2, 0.25) is 5.82 Å². The van der Waals surface area contributed by atoms with E-state index >= 15 is 0 Å². The second-order valence-electron chi connectivity index (χ2n) is 6.88. The van der Waals surface area contributed by atoms with Crippen molar-refractivity contribution in [2.24, 2.45) is 0 Å². The second kappa shape index (κ2) is 9.90. The van der Waals surface area contributed by atoms with Crippen LogP contribution in [0, 0.1) is 10.1 Å². The number of aromatic nitrogens is 3. The molecule has 4 aromatic rings. The first kappa shape index (κ1) is 20.6. The average molecular weight is 421 g/mol. The summed E-state index contributed by atoms with van der Waals surface area (Å²) >= 11 is 0. The number of nitrogens with one attached hydrogen (secondary N) is 1. The Hall–Kier alpha value is -4.65. The zero-order chi connectivity index (χ0) is 22.2. The lowest BCUT2D eigenvalue weighted by molar-refractivity contribution is -0.384. The van der Waals surface area contributed by atoms with Gasteiger partial charge < -0.3 is 5.32 Å². The number of hydrogen-bond donors (Lipinski definition) is 1. The molecular weight excluding hydrogens is 402 g/mol. The molecule has 32 heavy (non-hydrogen) atoms. The summed E-state index contributed by atoms with van der Waals surface area (Å²) in [5, 5.41) is 14.2. The van der Waals surface area contributed by atoms with Crippen LogP contribution >= 0.6 is 0 Å². The Labute approximate surface area is 185 Å². The van der Waals surface area contributed by atoms with E-state index in [9.17, 15) is 10.1 Å². The van der Waals surface area contributed by atoms with Crippen LogP contribution in [0.1, 0.15) is 22.3 Å². The molecule has 156 valence electrons. The van der Waals surface area contributed by atoms with Gasteiger partial charge in [0.1, 0.15) is 0 Å². The largest absolute Gasteiger partial charge is 0.334 e. The highest BCUT2D eigenvalue weighted by atomic mass is 16.6. The molecule has 7 heteroatoms. The van der Waals surface area contributed by atoms with Crippen LogP contribution in [0.3, 0.4) is 0 Å². The van der Waals surface area contributed by atoms with Crippen molar-refractivity contribution in [1.29, 1.82) is 0 Å². The molecule has 3 aromatic heterocycles. The predicted octanol–water partition coefficient (Wildman–Crippen LogP) is 5.86. The number of hydrogen-bond acceptors (Lipinski definition) is 6. The van der Waals surface area contributed by atoms with Gasteiger partial charge in [0.25, 0.3) is 0 Å². The highest BCUT2D eigenvalue weighted by molar-refractivity contribution is 5.75. The quantitative estimate of drug-likeness (QED) is 0.296. The van der Waals surface area contributed by atoms with Gasteiger partial charge in [-0.15, -0.1) is 0 Å². The summed E-state index contributed by atoms with van der Waals surface area (Å²) in [5.74, 6) is 0.205. The van der Waals surface area contributed by atoms with Crippen molar-refractivity contribution in [3.63, 3.8) is 0 Å². The van der Waals surface area contributed by atoms with Gasteiger partial charge in [-0.1, -0.05) is 36.4 Å². The number of pyridine rings is 3. The summed E-state index contributed by atoms with van der Waals surface area (Å²) in [4.78, 5) is 23.1. The lowest BCUT2D eigenvalue weighted by Gasteiger charge is -2.06. The van der Waals surface area contributed by atoms with Crippen LogP contribution in [0.25, 0.3) is 24.3 Å².